The predicted molar refractivity (Wildman–Crippen MR) is 164 cm³/mol. The Kier molecular flexibility index (Phi) is 6.95. The molecule has 11 heteroatoms. The van der Waals surface area contributed by atoms with Gasteiger partial charge in [0.15, 0.2) is 11.5 Å². The average molecular weight is 572 g/mol. The van der Waals surface area contributed by atoms with Crippen molar-refractivity contribution >= 4 is 28.3 Å². The van der Waals surface area contributed by atoms with Crippen molar-refractivity contribution < 1.29 is 4.79 Å². The van der Waals surface area contributed by atoms with E-state index in [1.807, 2.05) is 57.3 Å². The quantitative estimate of drug-likeness (QED) is 0.301. The van der Waals surface area contributed by atoms with Gasteiger partial charge in [0, 0.05) is 30.7 Å². The topological polar surface area (TPSA) is 138 Å². The van der Waals surface area contributed by atoms with Crippen LogP contribution in [0.25, 0.3) is 22.2 Å². The van der Waals surface area contributed by atoms with Crippen molar-refractivity contribution in [3.8, 4) is 17.5 Å². The molecule has 11 nitrogen and oxygen atoms in total. The lowest BCUT2D eigenvalue weighted by molar-refractivity contribution is 0.0940. The molecule has 1 atom stereocenters. The second-order valence-electron chi connectivity index (χ2n) is 10.5. The van der Waals surface area contributed by atoms with Crippen molar-refractivity contribution in [1.82, 2.24) is 39.2 Å². The lowest BCUT2D eigenvalue weighted by atomic mass is 10.1. The third-order valence-corrected chi connectivity index (χ3v) is 7.07. The number of aryl methyl sites for hydroxylation is 1. The molecule has 0 saturated heterocycles. The molecule has 4 heterocycles. The van der Waals surface area contributed by atoms with Crippen LogP contribution in [0.5, 0.6) is 0 Å². The smallest absolute Gasteiger partial charge is 0.267 e. The number of rotatable bonds is 5. The molecule has 6 aromatic rings. The highest BCUT2D eigenvalue weighted by Crippen LogP contribution is 2.23. The fourth-order valence-electron chi connectivity index (χ4n) is 4.93. The molecule has 0 radical (unpaired) electrons. The summed E-state index contributed by atoms with van der Waals surface area (Å²) >= 11 is 0. The average Bonchev–Trinajstić information content (AvgIpc) is 3.56. The first-order chi connectivity index (χ1) is 20.7. The van der Waals surface area contributed by atoms with Crippen molar-refractivity contribution in [3.63, 3.8) is 0 Å². The number of nitrogens with one attached hydrogen (secondary N) is 1. The van der Waals surface area contributed by atoms with Crippen molar-refractivity contribution in [2.75, 3.05) is 5.73 Å². The van der Waals surface area contributed by atoms with E-state index < -0.39 is 11.9 Å². The van der Waals surface area contributed by atoms with Gasteiger partial charge < -0.3 is 11.1 Å². The number of para-hydroxylation sites is 1. The van der Waals surface area contributed by atoms with E-state index in [2.05, 4.69) is 32.3 Å². The van der Waals surface area contributed by atoms with Crippen LogP contribution in [0.3, 0.4) is 0 Å². The van der Waals surface area contributed by atoms with Gasteiger partial charge in [0.25, 0.3) is 11.5 Å². The van der Waals surface area contributed by atoms with Gasteiger partial charge in [0.1, 0.15) is 11.4 Å². The number of anilines is 1. The van der Waals surface area contributed by atoms with Crippen LogP contribution in [-0.4, -0.2) is 39.8 Å². The highest BCUT2D eigenvalue weighted by molar-refractivity contribution is 6.04. The van der Waals surface area contributed by atoms with Gasteiger partial charge in [-0.15, -0.1) is 5.10 Å². The maximum Gasteiger partial charge on any atom is 0.267 e. The van der Waals surface area contributed by atoms with Gasteiger partial charge >= 0.3 is 0 Å². The SMILES string of the molecule is CC(C)c1ccn2nc(N)c(C(=O)NC(C)c3nc4cccc(C#Cc5cnn(C)c5)c4c(=O)n3-c3ccccc3)c2n1. The van der Waals surface area contributed by atoms with E-state index in [0.29, 0.717) is 33.6 Å². The molecule has 43 heavy (non-hydrogen) atoms. The van der Waals surface area contributed by atoms with Gasteiger partial charge in [0.05, 0.1) is 34.4 Å². The lowest BCUT2D eigenvalue weighted by Crippen LogP contribution is -2.33. The van der Waals surface area contributed by atoms with Gasteiger partial charge in [0.2, 0.25) is 0 Å². The molecule has 214 valence electrons. The van der Waals surface area contributed by atoms with Crippen LogP contribution in [0.4, 0.5) is 5.82 Å². The second kappa shape index (κ2) is 10.9. The van der Waals surface area contributed by atoms with Crippen molar-refractivity contribution in [1.29, 1.82) is 0 Å². The second-order valence-corrected chi connectivity index (χ2v) is 10.5. The Hall–Kier alpha value is -5.76. The van der Waals surface area contributed by atoms with Crippen molar-refractivity contribution in [2.24, 2.45) is 7.05 Å². The molecular formula is C32H29N9O2. The van der Waals surface area contributed by atoms with Crippen LogP contribution in [0.1, 0.15) is 65.7 Å². The zero-order valence-electron chi connectivity index (χ0n) is 24.1. The standard InChI is InChI=1S/C32H29N9O2/c1-19(2)24-15-16-40-30(36-24)27(28(33)38-40)31(42)35-20(3)29-37-25-12-8-9-22(14-13-21-17-34-39(4)18-21)26(25)32(43)41(29)23-10-6-5-7-11-23/h5-12,15-20H,1-4H3,(H2,33,38)(H,35,42). The number of hydrogen-bond donors (Lipinski definition) is 2. The minimum atomic E-state index is -0.697. The molecule has 0 aliphatic carbocycles. The molecule has 0 fully saturated rings. The summed E-state index contributed by atoms with van der Waals surface area (Å²) in [6, 6.07) is 15.7. The van der Waals surface area contributed by atoms with Crippen LogP contribution in [0.15, 0.2) is 78.0 Å². The van der Waals surface area contributed by atoms with Gasteiger partial charge in [-0.1, -0.05) is 50.0 Å². The van der Waals surface area contributed by atoms with Crippen LogP contribution in [0, 0.1) is 11.8 Å². The Morgan fingerprint density at radius 1 is 1.00 bits per heavy atom. The lowest BCUT2D eigenvalue weighted by Gasteiger charge is -2.20. The first kappa shape index (κ1) is 27.4. The van der Waals surface area contributed by atoms with Crippen LogP contribution in [-0.2, 0) is 7.05 Å². The van der Waals surface area contributed by atoms with E-state index in [9.17, 15) is 9.59 Å². The molecule has 6 rings (SSSR count). The normalized spacial score (nSPS) is 11.9. The fourth-order valence-corrected chi connectivity index (χ4v) is 4.93. The number of carbonyl (C=O) groups is 1. The Morgan fingerprint density at radius 2 is 1.79 bits per heavy atom. The zero-order chi connectivity index (χ0) is 30.2. The number of carbonyl (C=O) groups excluding carboxylic acids is 1. The number of hydrogen-bond acceptors (Lipinski definition) is 7. The van der Waals surface area contributed by atoms with Crippen LogP contribution in [0.2, 0.25) is 0 Å². The zero-order valence-corrected chi connectivity index (χ0v) is 24.1. The van der Waals surface area contributed by atoms with E-state index in [4.69, 9.17) is 10.7 Å². The molecular weight excluding hydrogens is 542 g/mol. The molecule has 0 saturated carbocycles. The Bertz CT molecular complexity index is 2130. The summed E-state index contributed by atoms with van der Waals surface area (Å²) < 4.78 is 4.67. The minimum Gasteiger partial charge on any atom is -0.381 e. The van der Waals surface area contributed by atoms with E-state index in [-0.39, 0.29) is 22.9 Å². The molecule has 4 aromatic heterocycles. The molecule has 0 bridgehead atoms. The number of aromatic nitrogens is 7. The summed E-state index contributed by atoms with van der Waals surface area (Å²) in [7, 11) is 1.82. The summed E-state index contributed by atoms with van der Waals surface area (Å²) in [4.78, 5) is 37.4. The highest BCUT2D eigenvalue weighted by Gasteiger charge is 2.25. The highest BCUT2D eigenvalue weighted by atomic mass is 16.2. The number of nitrogens with zero attached hydrogens (tertiary/aromatic N) is 7. The summed E-state index contributed by atoms with van der Waals surface area (Å²) in [6.45, 7) is 5.81. The maximum atomic E-state index is 14.2. The first-order valence-corrected chi connectivity index (χ1v) is 13.8. The van der Waals surface area contributed by atoms with Crippen LogP contribution < -0.4 is 16.6 Å². The van der Waals surface area contributed by atoms with Crippen LogP contribution >= 0.6 is 0 Å². The number of nitrogen functional groups attached to an aromatic ring is 1. The summed E-state index contributed by atoms with van der Waals surface area (Å²) in [5.74, 6) is 6.27. The summed E-state index contributed by atoms with van der Waals surface area (Å²) in [5, 5.41) is 11.8. The number of nitrogens with two attached hydrogens (primary N) is 1. The van der Waals surface area contributed by atoms with Gasteiger partial charge in [-0.2, -0.15) is 5.10 Å². The third-order valence-electron chi connectivity index (χ3n) is 7.07. The van der Waals surface area contributed by atoms with E-state index in [1.165, 1.54) is 9.08 Å². The Labute approximate surface area is 247 Å². The molecule has 3 N–H and O–H groups in total. The summed E-state index contributed by atoms with van der Waals surface area (Å²) in [6.07, 6.45) is 5.20. The van der Waals surface area contributed by atoms with E-state index in [0.717, 1.165) is 11.3 Å². The summed E-state index contributed by atoms with van der Waals surface area (Å²) in [5.41, 5.74) is 9.54. The number of fused-ring (bicyclic) bond motifs is 2. The van der Waals surface area contributed by atoms with Gasteiger partial charge in [-0.05, 0) is 43.2 Å². The first-order valence-electron chi connectivity index (χ1n) is 13.8. The molecule has 2 aromatic carbocycles. The predicted octanol–water partition coefficient (Wildman–Crippen LogP) is 3.76. The Balaban J connectivity index is 1.46. The van der Waals surface area contributed by atoms with E-state index >= 15 is 0 Å². The third kappa shape index (κ3) is 5.10. The molecule has 0 aliphatic heterocycles. The largest absolute Gasteiger partial charge is 0.381 e. The Morgan fingerprint density at radius 3 is 2.51 bits per heavy atom. The molecule has 0 spiro atoms. The molecule has 0 aliphatic rings. The van der Waals surface area contributed by atoms with Gasteiger partial charge in [-0.3, -0.25) is 18.8 Å². The molecule has 1 unspecified atom stereocenters. The van der Waals surface area contributed by atoms with Crippen molar-refractivity contribution in [2.45, 2.75) is 32.7 Å². The molecule has 1 amide bonds. The maximum absolute atomic E-state index is 14.2. The van der Waals surface area contributed by atoms with E-state index in [1.54, 1.807) is 48.4 Å². The van der Waals surface area contributed by atoms with Crippen molar-refractivity contribution in [3.05, 3.63) is 112 Å². The monoisotopic (exact) mass is 571 g/mol. The fraction of sp³-hybridized carbons (Fsp3) is 0.188. The number of amides is 1. The van der Waals surface area contributed by atoms with Gasteiger partial charge in [-0.25, -0.2) is 14.5 Å². The number of benzene rings is 2. The minimum absolute atomic E-state index is 0.0573.